The Morgan fingerprint density at radius 3 is 2.93 bits per heavy atom. The van der Waals surface area contributed by atoms with Crippen LogP contribution in [0.5, 0.6) is 0 Å². The lowest BCUT2D eigenvalue weighted by molar-refractivity contribution is 0.156. The summed E-state index contributed by atoms with van der Waals surface area (Å²) in [5.41, 5.74) is 8.54. The first-order valence-corrected chi connectivity index (χ1v) is 12.0. The topological polar surface area (TPSA) is 65.4 Å². The van der Waals surface area contributed by atoms with Crippen LogP contribution in [-0.4, -0.2) is 49.3 Å². The fourth-order valence-corrected chi connectivity index (χ4v) is 6.01. The van der Waals surface area contributed by atoms with Crippen molar-refractivity contribution in [3.63, 3.8) is 0 Å². The molecule has 1 saturated heterocycles. The molecule has 1 aromatic rings. The molecule has 3 rings (SSSR count). The minimum absolute atomic E-state index is 0.0953. The first-order chi connectivity index (χ1) is 13.1. The van der Waals surface area contributed by atoms with Crippen LogP contribution < -0.4 is 5.73 Å². The second-order valence-corrected chi connectivity index (χ2v) is 9.93. The molecule has 0 bridgehead atoms. The van der Waals surface area contributed by atoms with E-state index in [0.717, 1.165) is 50.3 Å². The number of nitrogens with zero attached hydrogens (tertiary/aromatic N) is 3. The van der Waals surface area contributed by atoms with Crippen LogP contribution in [0.4, 0.5) is 0 Å². The van der Waals surface area contributed by atoms with Crippen molar-refractivity contribution in [2.24, 2.45) is 10.7 Å². The van der Waals surface area contributed by atoms with E-state index in [1.54, 1.807) is 6.20 Å². The second kappa shape index (κ2) is 9.27. The van der Waals surface area contributed by atoms with Crippen LogP contribution in [-0.2, 0) is 5.41 Å². The third-order valence-corrected chi connectivity index (χ3v) is 7.83. The summed E-state index contributed by atoms with van der Waals surface area (Å²) >= 11 is 3.74. The smallest absolute Gasteiger partial charge is 0.0724 e. The van der Waals surface area contributed by atoms with E-state index in [0.29, 0.717) is 0 Å². The normalized spacial score (nSPS) is 22.9. The maximum absolute atomic E-state index is 9.52. The minimum atomic E-state index is 0.0953. The van der Waals surface area contributed by atoms with Gasteiger partial charge in [-0.25, -0.2) is 0 Å². The molecule has 0 aromatic carbocycles. The van der Waals surface area contributed by atoms with Crippen molar-refractivity contribution in [3.05, 3.63) is 33.2 Å². The summed E-state index contributed by atoms with van der Waals surface area (Å²) in [7, 11) is 0. The van der Waals surface area contributed by atoms with Gasteiger partial charge in [-0.15, -0.1) is 11.3 Å². The van der Waals surface area contributed by atoms with Crippen LogP contribution in [0.25, 0.3) is 0 Å². The summed E-state index contributed by atoms with van der Waals surface area (Å²) in [5, 5.41) is 9.52. The average molecular weight is 403 g/mol. The molecule has 2 N–H and O–H groups in total. The van der Waals surface area contributed by atoms with E-state index in [2.05, 4.69) is 35.2 Å². The molecule has 1 atom stereocenters. The molecule has 27 heavy (non-hydrogen) atoms. The first-order valence-electron chi connectivity index (χ1n) is 9.74. The highest BCUT2D eigenvalue weighted by molar-refractivity contribution is 7.98. The first kappa shape index (κ1) is 20.4. The summed E-state index contributed by atoms with van der Waals surface area (Å²) < 4.78 is 0. The Hall–Kier alpha value is -1.29. The number of likely N-dealkylation sites (tertiary alicyclic amines) is 1. The third kappa shape index (κ3) is 4.59. The van der Waals surface area contributed by atoms with Gasteiger partial charge in [0.1, 0.15) is 0 Å². The van der Waals surface area contributed by atoms with E-state index in [4.69, 9.17) is 5.73 Å². The molecule has 146 valence electrons. The number of aryl methyl sites for hydroxylation is 1. The zero-order valence-corrected chi connectivity index (χ0v) is 18.0. The number of fused-ring (bicyclic) bond motifs is 2. The number of aliphatic imine (C=N–C) groups is 1. The summed E-state index contributed by atoms with van der Waals surface area (Å²) in [6.07, 6.45) is 10.3. The fourth-order valence-electron chi connectivity index (χ4n) is 4.37. The van der Waals surface area contributed by atoms with Crippen LogP contribution in [0, 0.1) is 18.3 Å². The number of thiophene rings is 1. The number of piperidine rings is 1. The van der Waals surface area contributed by atoms with Crippen molar-refractivity contribution in [1.29, 1.82) is 5.26 Å². The summed E-state index contributed by atoms with van der Waals surface area (Å²) in [5.74, 6) is 1.14. The van der Waals surface area contributed by atoms with E-state index in [-0.39, 0.29) is 11.3 Å². The van der Waals surface area contributed by atoms with Crippen molar-refractivity contribution < 1.29 is 0 Å². The molecule has 1 spiro atoms. The second-order valence-electron chi connectivity index (χ2n) is 7.69. The van der Waals surface area contributed by atoms with Gasteiger partial charge in [-0.1, -0.05) is 0 Å². The molecule has 0 saturated carbocycles. The van der Waals surface area contributed by atoms with Crippen molar-refractivity contribution in [3.8, 4) is 6.07 Å². The molecule has 1 aliphatic carbocycles. The van der Waals surface area contributed by atoms with Gasteiger partial charge in [0, 0.05) is 40.2 Å². The molecule has 1 aliphatic heterocycles. The molecule has 2 aliphatic rings. The maximum Gasteiger partial charge on any atom is 0.0724 e. The van der Waals surface area contributed by atoms with Gasteiger partial charge >= 0.3 is 0 Å². The van der Waals surface area contributed by atoms with Crippen LogP contribution in [0.1, 0.15) is 46.9 Å². The van der Waals surface area contributed by atoms with Crippen LogP contribution >= 0.6 is 23.1 Å². The molecule has 1 fully saturated rings. The highest BCUT2D eigenvalue weighted by Gasteiger charge is 2.43. The number of nitrogens with two attached hydrogens (primary N) is 1. The number of thioether (sulfide) groups is 1. The number of nitriles is 1. The van der Waals surface area contributed by atoms with Gasteiger partial charge in [0.2, 0.25) is 0 Å². The third-order valence-electron chi connectivity index (χ3n) is 5.92. The molecule has 1 aromatic heterocycles. The predicted octanol–water partition coefficient (Wildman–Crippen LogP) is 4.07. The van der Waals surface area contributed by atoms with Gasteiger partial charge in [-0.05, 0) is 75.4 Å². The average Bonchev–Trinajstić information content (AvgIpc) is 3.09. The molecule has 1 unspecified atom stereocenters. The molecule has 2 heterocycles. The highest BCUT2D eigenvalue weighted by Crippen LogP contribution is 2.51. The van der Waals surface area contributed by atoms with Gasteiger partial charge in [-0.3, -0.25) is 9.89 Å². The highest BCUT2D eigenvalue weighted by atomic mass is 32.2. The van der Waals surface area contributed by atoms with Crippen LogP contribution in [0.15, 0.2) is 22.8 Å². The number of hydrogen-bond donors (Lipinski definition) is 1. The number of rotatable bonds is 6. The Balaban J connectivity index is 1.63. The van der Waals surface area contributed by atoms with Gasteiger partial charge < -0.3 is 5.73 Å². The largest absolute Gasteiger partial charge is 0.404 e. The lowest BCUT2D eigenvalue weighted by Gasteiger charge is -2.45. The Morgan fingerprint density at radius 2 is 2.26 bits per heavy atom. The van der Waals surface area contributed by atoms with Crippen LogP contribution in [0.3, 0.4) is 0 Å². The van der Waals surface area contributed by atoms with E-state index in [1.165, 1.54) is 28.2 Å². The SMILES string of the molecule is CSCCN=CC(=CN)CN1CCC2(CCC(C#N)c3cc(C)sc32)CC1. The van der Waals surface area contributed by atoms with Crippen molar-refractivity contribution in [2.45, 2.75) is 43.9 Å². The summed E-state index contributed by atoms with van der Waals surface area (Å²) in [6.45, 7) is 6.08. The number of hydrogen-bond acceptors (Lipinski definition) is 6. The summed E-state index contributed by atoms with van der Waals surface area (Å²) in [6, 6.07) is 4.79. The monoisotopic (exact) mass is 402 g/mol. The Labute approximate surface area is 171 Å². The molecular weight excluding hydrogens is 372 g/mol. The zero-order chi connectivity index (χ0) is 19.3. The van der Waals surface area contributed by atoms with Crippen molar-refractivity contribution in [1.82, 2.24) is 4.90 Å². The molecule has 0 amide bonds. The predicted molar refractivity (Wildman–Crippen MR) is 118 cm³/mol. The van der Waals surface area contributed by atoms with E-state index < -0.39 is 0 Å². The Bertz CT molecular complexity index is 736. The minimum Gasteiger partial charge on any atom is -0.404 e. The van der Waals surface area contributed by atoms with E-state index in [9.17, 15) is 5.26 Å². The fraction of sp³-hybridized carbons (Fsp3) is 0.619. The van der Waals surface area contributed by atoms with Crippen LogP contribution in [0.2, 0.25) is 0 Å². The Kier molecular flexibility index (Phi) is 7.02. The van der Waals surface area contributed by atoms with Gasteiger partial charge in [0.25, 0.3) is 0 Å². The molecule has 4 nitrogen and oxygen atoms in total. The maximum atomic E-state index is 9.52. The standard InChI is InChI=1S/C21H30N4S2/c1-16-11-19-18(13-23)3-4-21(20(19)27-16)5-8-25(9-6-21)15-17(12-22)14-24-7-10-26-2/h11-12,14,18H,3-10,15,22H2,1-2H3. The summed E-state index contributed by atoms with van der Waals surface area (Å²) in [4.78, 5) is 9.83. The van der Waals surface area contributed by atoms with E-state index >= 15 is 0 Å². The van der Waals surface area contributed by atoms with Crippen molar-refractivity contribution >= 4 is 29.3 Å². The molecular formula is C21H30N4S2. The van der Waals surface area contributed by atoms with Gasteiger partial charge in [0.05, 0.1) is 12.0 Å². The van der Waals surface area contributed by atoms with E-state index in [1.807, 2.05) is 29.3 Å². The van der Waals surface area contributed by atoms with Gasteiger partial charge in [0.15, 0.2) is 0 Å². The molecule has 6 heteroatoms. The Morgan fingerprint density at radius 1 is 1.48 bits per heavy atom. The molecule has 0 radical (unpaired) electrons. The lowest BCUT2D eigenvalue weighted by atomic mass is 9.66. The lowest BCUT2D eigenvalue weighted by Crippen LogP contribution is -2.44. The zero-order valence-electron chi connectivity index (χ0n) is 16.4. The quantitative estimate of drug-likeness (QED) is 0.575. The van der Waals surface area contributed by atoms with Crippen molar-refractivity contribution in [2.75, 3.05) is 38.2 Å². The van der Waals surface area contributed by atoms with Gasteiger partial charge in [-0.2, -0.15) is 17.0 Å².